The van der Waals surface area contributed by atoms with E-state index in [4.69, 9.17) is 4.89 Å². The molecule has 3 unspecified atom stereocenters. The van der Waals surface area contributed by atoms with E-state index < -0.39 is 5.60 Å². The summed E-state index contributed by atoms with van der Waals surface area (Å²) in [6, 6.07) is 10.2. The summed E-state index contributed by atoms with van der Waals surface area (Å²) in [6.07, 6.45) is 8.55. The fourth-order valence-corrected chi connectivity index (χ4v) is 4.02. The predicted molar refractivity (Wildman–Crippen MR) is 71.1 cm³/mol. The molecule has 0 aromatic heterocycles. The molecule has 2 nitrogen and oxygen atoms in total. The SMILES string of the molecule is OOC1(c2ccccc2)CCC2CCCCC2C1. The molecule has 0 spiro atoms. The Morgan fingerprint density at radius 2 is 1.72 bits per heavy atom. The van der Waals surface area contributed by atoms with E-state index in [1.807, 2.05) is 18.2 Å². The molecule has 2 saturated carbocycles. The molecular formula is C16H22O2. The van der Waals surface area contributed by atoms with Crippen LogP contribution in [0.5, 0.6) is 0 Å². The van der Waals surface area contributed by atoms with Gasteiger partial charge in [0, 0.05) is 0 Å². The van der Waals surface area contributed by atoms with Gasteiger partial charge in [-0.15, -0.1) is 0 Å². The van der Waals surface area contributed by atoms with E-state index in [-0.39, 0.29) is 0 Å². The molecule has 3 rings (SSSR count). The van der Waals surface area contributed by atoms with Crippen LogP contribution in [0.1, 0.15) is 50.5 Å². The Morgan fingerprint density at radius 3 is 2.44 bits per heavy atom. The largest absolute Gasteiger partial charge is 0.251 e. The maximum atomic E-state index is 9.49. The Balaban J connectivity index is 1.85. The van der Waals surface area contributed by atoms with Crippen LogP contribution in [-0.2, 0) is 10.5 Å². The van der Waals surface area contributed by atoms with E-state index in [1.165, 1.54) is 32.1 Å². The second kappa shape index (κ2) is 5.02. The first-order valence-corrected chi connectivity index (χ1v) is 7.22. The third-order valence-electron chi connectivity index (χ3n) is 5.05. The van der Waals surface area contributed by atoms with Crippen molar-refractivity contribution in [2.75, 3.05) is 0 Å². The van der Waals surface area contributed by atoms with E-state index in [0.717, 1.165) is 30.2 Å². The van der Waals surface area contributed by atoms with Crippen molar-refractivity contribution in [1.29, 1.82) is 0 Å². The van der Waals surface area contributed by atoms with Crippen LogP contribution in [0.4, 0.5) is 0 Å². The average Bonchev–Trinajstić information content (AvgIpc) is 2.47. The van der Waals surface area contributed by atoms with Gasteiger partial charge in [-0.25, -0.2) is 4.89 Å². The van der Waals surface area contributed by atoms with Crippen LogP contribution in [0.2, 0.25) is 0 Å². The van der Waals surface area contributed by atoms with Gasteiger partial charge in [0.25, 0.3) is 0 Å². The molecule has 0 aliphatic heterocycles. The van der Waals surface area contributed by atoms with Crippen molar-refractivity contribution in [3.63, 3.8) is 0 Å². The summed E-state index contributed by atoms with van der Waals surface area (Å²) >= 11 is 0. The molecule has 1 N–H and O–H groups in total. The highest BCUT2D eigenvalue weighted by Crippen LogP contribution is 2.49. The van der Waals surface area contributed by atoms with Crippen LogP contribution in [0.25, 0.3) is 0 Å². The zero-order chi connectivity index (χ0) is 12.4. The highest BCUT2D eigenvalue weighted by atomic mass is 17.1. The maximum Gasteiger partial charge on any atom is 0.128 e. The predicted octanol–water partition coefficient (Wildman–Crippen LogP) is 4.36. The fourth-order valence-electron chi connectivity index (χ4n) is 4.02. The Bertz CT molecular complexity index is 389. The molecule has 2 fully saturated rings. The second-order valence-corrected chi connectivity index (χ2v) is 6.00. The summed E-state index contributed by atoms with van der Waals surface area (Å²) in [4.78, 5) is 5.01. The molecular weight excluding hydrogens is 224 g/mol. The normalized spacial score (nSPS) is 36.1. The number of benzene rings is 1. The van der Waals surface area contributed by atoms with Crippen molar-refractivity contribution < 1.29 is 10.1 Å². The average molecular weight is 246 g/mol. The van der Waals surface area contributed by atoms with Gasteiger partial charge in [0.05, 0.1) is 0 Å². The summed E-state index contributed by atoms with van der Waals surface area (Å²) in [6.45, 7) is 0. The molecule has 1 aromatic carbocycles. The molecule has 2 aliphatic rings. The Hall–Kier alpha value is -0.860. The number of rotatable bonds is 2. The first-order chi connectivity index (χ1) is 8.84. The summed E-state index contributed by atoms with van der Waals surface area (Å²) in [5.41, 5.74) is 0.691. The van der Waals surface area contributed by atoms with Crippen LogP contribution in [0.15, 0.2) is 30.3 Å². The molecule has 98 valence electrons. The van der Waals surface area contributed by atoms with E-state index in [1.54, 1.807) is 0 Å². The van der Waals surface area contributed by atoms with E-state index in [0.29, 0.717) is 0 Å². The van der Waals surface area contributed by atoms with Gasteiger partial charge >= 0.3 is 0 Å². The lowest BCUT2D eigenvalue weighted by Gasteiger charge is -2.45. The van der Waals surface area contributed by atoms with Gasteiger partial charge in [0.1, 0.15) is 5.60 Å². The third-order valence-corrected chi connectivity index (χ3v) is 5.05. The topological polar surface area (TPSA) is 29.5 Å². The highest BCUT2D eigenvalue weighted by molar-refractivity contribution is 5.23. The van der Waals surface area contributed by atoms with Gasteiger partial charge < -0.3 is 0 Å². The quantitative estimate of drug-likeness (QED) is 0.620. The first kappa shape index (κ1) is 12.2. The van der Waals surface area contributed by atoms with Crippen LogP contribution in [-0.4, -0.2) is 5.26 Å². The van der Waals surface area contributed by atoms with Gasteiger partial charge in [0.15, 0.2) is 0 Å². The Kier molecular flexibility index (Phi) is 3.40. The van der Waals surface area contributed by atoms with Crippen molar-refractivity contribution in [2.45, 2.75) is 50.5 Å². The number of fused-ring (bicyclic) bond motifs is 1. The third kappa shape index (κ3) is 2.08. The zero-order valence-electron chi connectivity index (χ0n) is 10.8. The van der Waals surface area contributed by atoms with Gasteiger partial charge in [0.2, 0.25) is 0 Å². The number of hydrogen-bond acceptors (Lipinski definition) is 2. The van der Waals surface area contributed by atoms with Crippen LogP contribution >= 0.6 is 0 Å². The molecule has 0 saturated heterocycles. The molecule has 0 bridgehead atoms. The molecule has 3 atom stereocenters. The molecule has 0 radical (unpaired) electrons. The minimum absolute atomic E-state index is 0.445. The zero-order valence-corrected chi connectivity index (χ0v) is 10.8. The molecule has 0 heterocycles. The van der Waals surface area contributed by atoms with E-state index in [2.05, 4.69) is 12.1 Å². The summed E-state index contributed by atoms with van der Waals surface area (Å²) in [7, 11) is 0. The first-order valence-electron chi connectivity index (χ1n) is 7.22. The van der Waals surface area contributed by atoms with Gasteiger partial charge in [-0.1, -0.05) is 56.0 Å². The van der Waals surface area contributed by atoms with Crippen LogP contribution < -0.4 is 0 Å². The van der Waals surface area contributed by atoms with Gasteiger partial charge in [-0.2, -0.15) is 0 Å². The fraction of sp³-hybridized carbons (Fsp3) is 0.625. The lowest BCUT2D eigenvalue weighted by molar-refractivity contribution is -0.343. The Morgan fingerprint density at radius 1 is 1.00 bits per heavy atom. The minimum atomic E-state index is -0.445. The van der Waals surface area contributed by atoms with Crippen molar-refractivity contribution in [3.05, 3.63) is 35.9 Å². The summed E-state index contributed by atoms with van der Waals surface area (Å²) in [5.74, 6) is 1.60. The number of hydrogen-bond donors (Lipinski definition) is 1. The van der Waals surface area contributed by atoms with Crippen molar-refractivity contribution in [1.82, 2.24) is 0 Å². The summed E-state index contributed by atoms with van der Waals surface area (Å²) < 4.78 is 0. The monoisotopic (exact) mass is 246 g/mol. The molecule has 0 amide bonds. The second-order valence-electron chi connectivity index (χ2n) is 6.00. The molecule has 1 aromatic rings. The van der Waals surface area contributed by atoms with E-state index in [9.17, 15) is 5.26 Å². The molecule has 2 aliphatic carbocycles. The van der Waals surface area contributed by atoms with Crippen molar-refractivity contribution >= 4 is 0 Å². The lowest BCUT2D eigenvalue weighted by atomic mass is 9.64. The van der Waals surface area contributed by atoms with Crippen LogP contribution in [0, 0.1) is 11.8 Å². The van der Waals surface area contributed by atoms with Gasteiger partial charge in [-0.3, -0.25) is 5.26 Å². The summed E-state index contributed by atoms with van der Waals surface area (Å²) in [5, 5.41) is 9.49. The smallest absolute Gasteiger partial charge is 0.128 e. The highest BCUT2D eigenvalue weighted by Gasteiger charge is 2.44. The van der Waals surface area contributed by atoms with E-state index >= 15 is 0 Å². The lowest BCUT2D eigenvalue weighted by Crippen LogP contribution is -2.40. The van der Waals surface area contributed by atoms with Crippen LogP contribution in [0.3, 0.4) is 0 Å². The standard InChI is InChI=1S/C16H22O2/c17-18-16(15-8-2-1-3-9-15)11-10-13-6-4-5-7-14(13)12-16/h1-3,8-9,13-14,17H,4-7,10-12H2. The van der Waals surface area contributed by atoms with Gasteiger partial charge in [-0.05, 0) is 36.7 Å². The maximum absolute atomic E-state index is 9.49. The molecule has 2 heteroatoms. The van der Waals surface area contributed by atoms with Crippen molar-refractivity contribution in [3.8, 4) is 0 Å². The van der Waals surface area contributed by atoms with Crippen molar-refractivity contribution in [2.24, 2.45) is 11.8 Å². The Labute approximate surface area is 109 Å². The minimum Gasteiger partial charge on any atom is -0.251 e. The molecule has 18 heavy (non-hydrogen) atoms.